The van der Waals surface area contributed by atoms with E-state index in [0.717, 1.165) is 0 Å². The van der Waals surface area contributed by atoms with E-state index >= 15 is 0 Å². The number of carbonyl (C=O) groups excluding carboxylic acids is 1. The lowest BCUT2D eigenvalue weighted by Gasteiger charge is -2.09. The topological polar surface area (TPSA) is 156 Å². The second-order valence-corrected chi connectivity index (χ2v) is 3.35. The summed E-state index contributed by atoms with van der Waals surface area (Å²) in [5.74, 6) is -0.759. The maximum atomic E-state index is 10.3. The average molecular weight is 232 g/mol. The van der Waals surface area contributed by atoms with Crippen LogP contribution in [0.3, 0.4) is 0 Å². The van der Waals surface area contributed by atoms with Gasteiger partial charge in [-0.05, 0) is 6.92 Å². The number of rotatable bonds is 3. The van der Waals surface area contributed by atoms with Crippen molar-refractivity contribution in [2.75, 3.05) is 6.61 Å². The van der Waals surface area contributed by atoms with Gasteiger partial charge in [0.15, 0.2) is 5.78 Å². The molecule has 0 aromatic heterocycles. The summed E-state index contributed by atoms with van der Waals surface area (Å²) >= 11 is 0. The number of hydrogen-bond donors (Lipinski definition) is 6. The number of phosphoric acid groups is 1. The Morgan fingerprint density at radius 1 is 1.29 bits per heavy atom. The van der Waals surface area contributed by atoms with E-state index in [4.69, 9.17) is 34.6 Å². The molecule has 0 spiro atoms. The van der Waals surface area contributed by atoms with Crippen molar-refractivity contribution in [1.29, 1.82) is 0 Å². The van der Waals surface area contributed by atoms with E-state index in [1.165, 1.54) is 6.92 Å². The van der Waals surface area contributed by atoms with Crippen LogP contribution in [0.1, 0.15) is 6.92 Å². The highest BCUT2D eigenvalue weighted by molar-refractivity contribution is 7.45. The van der Waals surface area contributed by atoms with Crippen molar-refractivity contribution in [2.45, 2.75) is 19.1 Å². The molecule has 0 heterocycles. The van der Waals surface area contributed by atoms with Crippen LogP contribution in [0.15, 0.2) is 0 Å². The molecule has 0 fully saturated rings. The average Bonchev–Trinajstić information content (AvgIpc) is 1.98. The van der Waals surface area contributed by atoms with E-state index in [1.807, 2.05) is 0 Å². The van der Waals surface area contributed by atoms with Gasteiger partial charge in [0.25, 0.3) is 0 Å². The second kappa shape index (κ2) is 7.02. The van der Waals surface area contributed by atoms with E-state index in [1.54, 1.807) is 0 Å². The number of ketones is 1. The van der Waals surface area contributed by atoms with Crippen LogP contribution in [0.2, 0.25) is 0 Å². The first-order valence-corrected chi connectivity index (χ1v) is 4.94. The number of hydrogen-bond acceptors (Lipinski definition) is 5. The number of carbonyl (C=O) groups is 1. The smallest absolute Gasteiger partial charge is 0.390 e. The Labute approximate surface area is 79.7 Å². The van der Waals surface area contributed by atoms with Gasteiger partial charge in [-0.15, -0.1) is 0 Å². The SMILES string of the molecule is C[C@@H](O)[C@H](O)C(=O)CO.O=P(O)(O)O. The zero-order valence-corrected chi connectivity index (χ0v) is 8.20. The Bertz CT molecular complexity index is 200. The molecular formula is C5H13O8P. The van der Waals surface area contributed by atoms with Gasteiger partial charge in [-0.1, -0.05) is 0 Å². The van der Waals surface area contributed by atoms with E-state index in [-0.39, 0.29) is 0 Å². The fourth-order valence-corrected chi connectivity index (χ4v) is 0.363. The number of aliphatic hydroxyl groups excluding tert-OH is 3. The van der Waals surface area contributed by atoms with Gasteiger partial charge < -0.3 is 30.0 Å². The van der Waals surface area contributed by atoms with Crippen molar-refractivity contribution in [3.05, 3.63) is 0 Å². The molecule has 0 bridgehead atoms. The van der Waals surface area contributed by atoms with Gasteiger partial charge >= 0.3 is 7.82 Å². The van der Waals surface area contributed by atoms with Gasteiger partial charge in [-0.25, -0.2) is 4.57 Å². The summed E-state index contributed by atoms with van der Waals surface area (Å²) in [5, 5.41) is 25.3. The minimum absolute atomic E-state index is 0.730. The Morgan fingerprint density at radius 2 is 1.57 bits per heavy atom. The van der Waals surface area contributed by atoms with Crippen molar-refractivity contribution in [3.8, 4) is 0 Å². The number of Topliss-reactive ketones (excluding diaryl/α,β-unsaturated/α-hetero) is 1. The lowest BCUT2D eigenvalue weighted by atomic mass is 10.1. The van der Waals surface area contributed by atoms with Crippen molar-refractivity contribution in [3.63, 3.8) is 0 Å². The molecule has 0 aliphatic heterocycles. The molecule has 0 aromatic carbocycles. The standard InChI is InChI=1S/C5H10O4.H3O4P/c1-3(7)5(9)4(8)2-6;1-5(2,3)4/h3,5-7,9H,2H2,1H3;(H3,1,2,3,4)/t3-,5+;/m1./s1. The van der Waals surface area contributed by atoms with Gasteiger partial charge in [0.1, 0.15) is 12.7 Å². The first-order valence-electron chi connectivity index (χ1n) is 3.37. The van der Waals surface area contributed by atoms with Gasteiger partial charge in [-0.2, -0.15) is 0 Å². The molecule has 0 saturated heterocycles. The second-order valence-electron chi connectivity index (χ2n) is 2.32. The molecule has 0 radical (unpaired) electrons. The predicted molar refractivity (Wildman–Crippen MR) is 44.0 cm³/mol. The van der Waals surface area contributed by atoms with Crippen LogP contribution in [0, 0.1) is 0 Å². The number of aliphatic hydroxyl groups is 3. The van der Waals surface area contributed by atoms with Crippen LogP contribution >= 0.6 is 7.82 Å². The molecule has 86 valence electrons. The zero-order chi connectivity index (χ0) is 11.9. The summed E-state index contributed by atoms with van der Waals surface area (Å²) in [5.41, 5.74) is 0. The Kier molecular flexibility index (Phi) is 8.07. The maximum Gasteiger partial charge on any atom is 0.466 e. The molecule has 0 amide bonds. The molecule has 14 heavy (non-hydrogen) atoms. The highest BCUT2D eigenvalue weighted by Crippen LogP contribution is 2.25. The van der Waals surface area contributed by atoms with Crippen molar-refractivity contribution in [2.24, 2.45) is 0 Å². The molecule has 0 aliphatic rings. The lowest BCUT2D eigenvalue weighted by Crippen LogP contribution is -2.33. The van der Waals surface area contributed by atoms with Gasteiger partial charge in [-0.3, -0.25) is 4.79 Å². The summed E-state index contributed by atoms with van der Waals surface area (Å²) in [6, 6.07) is 0. The van der Waals surface area contributed by atoms with Gasteiger partial charge in [0.05, 0.1) is 6.10 Å². The van der Waals surface area contributed by atoms with Crippen LogP contribution in [-0.2, 0) is 9.36 Å². The van der Waals surface area contributed by atoms with Crippen LogP contribution in [-0.4, -0.2) is 54.6 Å². The molecule has 0 aromatic rings. The molecule has 6 N–H and O–H groups in total. The third kappa shape index (κ3) is 14.2. The molecule has 8 nitrogen and oxygen atoms in total. The third-order valence-electron chi connectivity index (χ3n) is 0.943. The molecule has 9 heteroatoms. The normalized spacial score (nSPS) is 15.1. The molecule has 0 saturated carbocycles. The Morgan fingerprint density at radius 3 is 1.64 bits per heavy atom. The maximum absolute atomic E-state index is 10.3. The fraction of sp³-hybridized carbons (Fsp3) is 0.800. The summed E-state index contributed by atoms with van der Waals surface area (Å²) in [7, 11) is -4.64. The first-order chi connectivity index (χ1) is 6.09. The van der Waals surface area contributed by atoms with Crippen molar-refractivity contribution in [1.82, 2.24) is 0 Å². The zero-order valence-electron chi connectivity index (χ0n) is 7.31. The molecule has 0 unspecified atom stereocenters. The lowest BCUT2D eigenvalue weighted by molar-refractivity contribution is -0.134. The molecule has 2 atom stereocenters. The molecule has 0 rings (SSSR count). The predicted octanol–water partition coefficient (Wildman–Crippen LogP) is -2.64. The summed E-state index contributed by atoms with van der Waals surface area (Å²) in [6.45, 7) is 0.546. The molecule has 0 aliphatic carbocycles. The van der Waals surface area contributed by atoms with Gasteiger partial charge in [0, 0.05) is 0 Å². The molecular weight excluding hydrogens is 219 g/mol. The van der Waals surface area contributed by atoms with E-state index in [0.29, 0.717) is 0 Å². The first kappa shape index (κ1) is 16.1. The van der Waals surface area contributed by atoms with Crippen LogP contribution in [0.5, 0.6) is 0 Å². The summed E-state index contributed by atoms with van der Waals surface area (Å²) < 4.78 is 8.88. The van der Waals surface area contributed by atoms with E-state index < -0.39 is 32.4 Å². The van der Waals surface area contributed by atoms with Crippen LogP contribution in [0.4, 0.5) is 0 Å². The van der Waals surface area contributed by atoms with Crippen LogP contribution < -0.4 is 0 Å². The summed E-state index contributed by atoms with van der Waals surface area (Å²) in [4.78, 5) is 31.9. The monoisotopic (exact) mass is 232 g/mol. The van der Waals surface area contributed by atoms with E-state index in [9.17, 15) is 4.79 Å². The fourth-order valence-electron chi connectivity index (χ4n) is 0.363. The third-order valence-corrected chi connectivity index (χ3v) is 0.943. The highest BCUT2D eigenvalue weighted by atomic mass is 31.2. The highest BCUT2D eigenvalue weighted by Gasteiger charge is 2.18. The quantitative estimate of drug-likeness (QED) is 0.288. The van der Waals surface area contributed by atoms with Crippen molar-refractivity contribution >= 4 is 13.6 Å². The Balaban J connectivity index is 0. The van der Waals surface area contributed by atoms with Crippen molar-refractivity contribution < 1.29 is 39.4 Å². The minimum Gasteiger partial charge on any atom is -0.390 e. The largest absolute Gasteiger partial charge is 0.466 e. The Hall–Kier alpha value is -0.340. The van der Waals surface area contributed by atoms with Gasteiger partial charge in [0.2, 0.25) is 0 Å². The van der Waals surface area contributed by atoms with E-state index in [2.05, 4.69) is 0 Å². The van der Waals surface area contributed by atoms with Crippen LogP contribution in [0.25, 0.3) is 0 Å². The minimum atomic E-state index is -4.64. The summed E-state index contributed by atoms with van der Waals surface area (Å²) in [6.07, 6.45) is -2.56.